The lowest BCUT2D eigenvalue weighted by atomic mass is 10.0. The van der Waals surface area contributed by atoms with Crippen LogP contribution in [0.4, 0.5) is 5.69 Å². The van der Waals surface area contributed by atoms with Crippen molar-refractivity contribution >= 4 is 17.5 Å². The fraction of sp³-hybridized carbons (Fsp3) is 0.462. The van der Waals surface area contributed by atoms with E-state index >= 15 is 0 Å². The topological polar surface area (TPSA) is 79.9 Å². The van der Waals surface area contributed by atoms with Crippen molar-refractivity contribution in [2.24, 2.45) is 5.92 Å². The highest BCUT2D eigenvalue weighted by atomic mass is 16.5. The molecule has 3 rings (SSSR count). The van der Waals surface area contributed by atoms with Crippen LogP contribution in [-0.2, 0) is 0 Å². The van der Waals surface area contributed by atoms with Gasteiger partial charge in [0.1, 0.15) is 11.5 Å². The molecule has 0 unspecified atom stereocenters. The van der Waals surface area contributed by atoms with Crippen LogP contribution in [0.15, 0.2) is 42.5 Å². The molecule has 0 spiro atoms. The standard InChI is InChI=1S/C26H35N3O4/c1-5-18(2)17-27-26(31)23-8-6-7-9-24(23)29-12-10-20(11-13-29)28-25(30)19-14-21(32-3)16-22(15-19)33-4/h6-9,14-16,18,20H,5,10-13,17H2,1-4H3,(H,27,31)(H,28,30)/t18-/m1/s1. The average molecular weight is 454 g/mol. The number of nitrogens with zero attached hydrogens (tertiary/aromatic N) is 1. The van der Waals surface area contributed by atoms with Crippen LogP contribution in [0, 0.1) is 5.92 Å². The van der Waals surface area contributed by atoms with Gasteiger partial charge in [-0.1, -0.05) is 32.4 Å². The van der Waals surface area contributed by atoms with E-state index in [1.165, 1.54) is 0 Å². The molecular formula is C26H35N3O4. The number of carbonyl (C=O) groups is 2. The molecular weight excluding hydrogens is 418 g/mol. The van der Waals surface area contributed by atoms with Gasteiger partial charge in [-0.05, 0) is 43.0 Å². The summed E-state index contributed by atoms with van der Waals surface area (Å²) in [4.78, 5) is 27.8. The lowest BCUT2D eigenvalue weighted by molar-refractivity contribution is 0.0928. The van der Waals surface area contributed by atoms with E-state index in [9.17, 15) is 9.59 Å². The Morgan fingerprint density at radius 3 is 2.27 bits per heavy atom. The molecule has 1 aliphatic rings. The van der Waals surface area contributed by atoms with E-state index in [1.807, 2.05) is 24.3 Å². The van der Waals surface area contributed by atoms with Crippen molar-refractivity contribution in [2.75, 3.05) is 38.8 Å². The molecule has 2 amide bonds. The van der Waals surface area contributed by atoms with Crippen molar-refractivity contribution < 1.29 is 19.1 Å². The number of carbonyl (C=O) groups excluding carboxylic acids is 2. The summed E-state index contributed by atoms with van der Waals surface area (Å²) in [5, 5.41) is 6.19. The van der Waals surface area contributed by atoms with Crippen LogP contribution in [0.25, 0.3) is 0 Å². The zero-order chi connectivity index (χ0) is 23.8. The van der Waals surface area contributed by atoms with E-state index in [2.05, 4.69) is 29.4 Å². The SMILES string of the molecule is CC[C@@H](C)CNC(=O)c1ccccc1N1CCC(NC(=O)c2cc(OC)cc(OC)c2)CC1. The number of hydrogen-bond acceptors (Lipinski definition) is 5. The van der Waals surface area contributed by atoms with E-state index in [-0.39, 0.29) is 17.9 Å². The summed E-state index contributed by atoms with van der Waals surface area (Å²) in [5.41, 5.74) is 2.16. The normalized spacial score (nSPS) is 15.0. The van der Waals surface area contributed by atoms with Crippen molar-refractivity contribution in [3.63, 3.8) is 0 Å². The molecule has 1 saturated heterocycles. The Hall–Kier alpha value is -3.22. The molecule has 7 nitrogen and oxygen atoms in total. The Morgan fingerprint density at radius 1 is 1.03 bits per heavy atom. The number of hydrogen-bond donors (Lipinski definition) is 2. The van der Waals surface area contributed by atoms with Gasteiger partial charge in [-0.25, -0.2) is 0 Å². The molecule has 1 fully saturated rings. The first kappa shape index (κ1) is 24.4. The lowest BCUT2D eigenvalue weighted by Gasteiger charge is -2.35. The van der Waals surface area contributed by atoms with Crippen LogP contribution in [-0.4, -0.2) is 51.7 Å². The van der Waals surface area contributed by atoms with Crippen LogP contribution in [0.2, 0.25) is 0 Å². The number of amides is 2. The fourth-order valence-corrected chi connectivity index (χ4v) is 3.92. The maximum absolute atomic E-state index is 12.8. The summed E-state index contributed by atoms with van der Waals surface area (Å²) in [6.45, 7) is 6.46. The van der Waals surface area contributed by atoms with Gasteiger partial charge in [-0.3, -0.25) is 9.59 Å². The molecule has 2 aromatic rings. The molecule has 7 heteroatoms. The van der Waals surface area contributed by atoms with Crippen LogP contribution in [0.3, 0.4) is 0 Å². The summed E-state index contributed by atoms with van der Waals surface area (Å²) < 4.78 is 10.5. The number of piperidine rings is 1. The molecule has 0 aromatic heterocycles. The average Bonchev–Trinajstić information content (AvgIpc) is 2.87. The highest BCUT2D eigenvalue weighted by Crippen LogP contribution is 2.26. The molecule has 2 aromatic carbocycles. The summed E-state index contributed by atoms with van der Waals surface area (Å²) in [6.07, 6.45) is 2.63. The number of rotatable bonds is 9. The van der Waals surface area contributed by atoms with E-state index in [4.69, 9.17) is 9.47 Å². The zero-order valence-corrected chi connectivity index (χ0v) is 20.0. The quantitative estimate of drug-likeness (QED) is 0.602. The third-order valence-electron chi connectivity index (χ3n) is 6.24. The molecule has 0 radical (unpaired) electrons. The van der Waals surface area contributed by atoms with E-state index in [0.717, 1.165) is 38.0 Å². The lowest BCUT2D eigenvalue weighted by Crippen LogP contribution is -2.45. The van der Waals surface area contributed by atoms with Gasteiger partial charge in [0.25, 0.3) is 11.8 Å². The van der Waals surface area contributed by atoms with Crippen molar-refractivity contribution in [1.29, 1.82) is 0 Å². The smallest absolute Gasteiger partial charge is 0.253 e. The molecule has 0 aliphatic carbocycles. The Morgan fingerprint density at radius 2 is 1.67 bits per heavy atom. The van der Waals surface area contributed by atoms with Gasteiger partial charge in [-0.15, -0.1) is 0 Å². The first-order valence-electron chi connectivity index (χ1n) is 11.6. The third kappa shape index (κ3) is 6.40. The van der Waals surface area contributed by atoms with Crippen molar-refractivity contribution in [2.45, 2.75) is 39.2 Å². The van der Waals surface area contributed by atoms with Gasteiger partial charge < -0.3 is 25.0 Å². The maximum atomic E-state index is 12.8. The minimum atomic E-state index is -0.143. The third-order valence-corrected chi connectivity index (χ3v) is 6.24. The van der Waals surface area contributed by atoms with Gasteiger partial charge >= 0.3 is 0 Å². The van der Waals surface area contributed by atoms with Gasteiger partial charge in [0.05, 0.1) is 19.8 Å². The molecule has 1 heterocycles. The minimum Gasteiger partial charge on any atom is -0.497 e. The molecule has 1 aliphatic heterocycles. The van der Waals surface area contributed by atoms with E-state index < -0.39 is 0 Å². The zero-order valence-electron chi connectivity index (χ0n) is 20.0. The van der Waals surface area contributed by atoms with Gasteiger partial charge in [0, 0.05) is 43.0 Å². The second-order valence-electron chi connectivity index (χ2n) is 8.58. The van der Waals surface area contributed by atoms with E-state index in [1.54, 1.807) is 32.4 Å². The number of nitrogens with one attached hydrogen (secondary N) is 2. The predicted octanol–water partition coefficient (Wildman–Crippen LogP) is 3.88. The van der Waals surface area contributed by atoms with Crippen molar-refractivity contribution in [3.8, 4) is 11.5 Å². The molecule has 0 saturated carbocycles. The van der Waals surface area contributed by atoms with Gasteiger partial charge in [0.15, 0.2) is 0 Å². The Kier molecular flexibility index (Phi) is 8.58. The number of anilines is 1. The van der Waals surface area contributed by atoms with Crippen LogP contribution in [0.1, 0.15) is 53.8 Å². The molecule has 0 bridgehead atoms. The summed E-state index contributed by atoms with van der Waals surface area (Å²) in [6, 6.07) is 13.0. The minimum absolute atomic E-state index is 0.0340. The highest BCUT2D eigenvalue weighted by molar-refractivity contribution is 6.00. The van der Waals surface area contributed by atoms with E-state index in [0.29, 0.717) is 35.1 Å². The first-order valence-corrected chi connectivity index (χ1v) is 11.6. The van der Waals surface area contributed by atoms with Crippen LogP contribution >= 0.6 is 0 Å². The second-order valence-corrected chi connectivity index (χ2v) is 8.58. The Balaban J connectivity index is 1.60. The Labute approximate surface area is 196 Å². The summed E-state index contributed by atoms with van der Waals surface area (Å²) in [7, 11) is 3.13. The largest absolute Gasteiger partial charge is 0.497 e. The summed E-state index contributed by atoms with van der Waals surface area (Å²) in [5.74, 6) is 1.43. The van der Waals surface area contributed by atoms with Crippen LogP contribution in [0.5, 0.6) is 11.5 Å². The summed E-state index contributed by atoms with van der Waals surface area (Å²) >= 11 is 0. The molecule has 33 heavy (non-hydrogen) atoms. The van der Waals surface area contributed by atoms with Crippen molar-refractivity contribution in [3.05, 3.63) is 53.6 Å². The number of ether oxygens (including phenoxy) is 2. The van der Waals surface area contributed by atoms with Gasteiger partial charge in [0.2, 0.25) is 0 Å². The maximum Gasteiger partial charge on any atom is 0.253 e. The highest BCUT2D eigenvalue weighted by Gasteiger charge is 2.24. The molecule has 178 valence electrons. The number of para-hydroxylation sites is 1. The first-order chi connectivity index (χ1) is 15.9. The second kappa shape index (κ2) is 11.6. The van der Waals surface area contributed by atoms with Gasteiger partial charge in [-0.2, -0.15) is 0 Å². The number of benzene rings is 2. The fourth-order valence-electron chi connectivity index (χ4n) is 3.92. The Bertz CT molecular complexity index is 932. The van der Waals surface area contributed by atoms with Crippen molar-refractivity contribution in [1.82, 2.24) is 10.6 Å². The van der Waals surface area contributed by atoms with Crippen LogP contribution < -0.4 is 25.0 Å². The molecule has 1 atom stereocenters. The predicted molar refractivity (Wildman–Crippen MR) is 130 cm³/mol. The molecule has 2 N–H and O–H groups in total. The number of methoxy groups -OCH3 is 2. The monoisotopic (exact) mass is 453 g/mol.